The summed E-state index contributed by atoms with van der Waals surface area (Å²) in [6, 6.07) is 16.8. The molecular formula is C24H30N2O4S. The van der Waals surface area contributed by atoms with Crippen LogP contribution in [0.15, 0.2) is 54.6 Å². The highest BCUT2D eigenvalue weighted by atomic mass is 32.2. The fourth-order valence-corrected chi connectivity index (χ4v) is 6.61. The molecule has 7 heteroatoms. The molecule has 2 aliphatic heterocycles. The second-order valence-electron chi connectivity index (χ2n) is 8.37. The minimum Gasteiger partial charge on any atom is -0.380 e. The van der Waals surface area contributed by atoms with Crippen molar-refractivity contribution in [2.24, 2.45) is 0 Å². The second kappa shape index (κ2) is 9.51. The summed E-state index contributed by atoms with van der Waals surface area (Å²) in [5.74, 6) is 0.000142. The third-order valence-corrected chi connectivity index (χ3v) is 8.61. The maximum atomic E-state index is 13.4. The summed E-state index contributed by atoms with van der Waals surface area (Å²) in [5.41, 5.74) is 2.36. The minimum atomic E-state index is -3.47. The van der Waals surface area contributed by atoms with Crippen LogP contribution in [0.3, 0.4) is 0 Å². The molecule has 0 aliphatic carbocycles. The summed E-state index contributed by atoms with van der Waals surface area (Å²) in [7, 11) is -3.47. The van der Waals surface area contributed by atoms with Gasteiger partial charge in [-0.3, -0.25) is 4.79 Å². The lowest BCUT2D eigenvalue weighted by Gasteiger charge is -2.37. The van der Waals surface area contributed by atoms with Crippen molar-refractivity contribution in [2.75, 3.05) is 26.3 Å². The van der Waals surface area contributed by atoms with Crippen LogP contribution in [0.4, 0.5) is 0 Å². The maximum Gasteiger partial charge on any atom is 0.253 e. The Balaban J connectivity index is 1.49. The summed E-state index contributed by atoms with van der Waals surface area (Å²) < 4.78 is 33.8. The van der Waals surface area contributed by atoms with Gasteiger partial charge in [-0.05, 0) is 49.4 Å². The first kappa shape index (κ1) is 22.0. The predicted octanol–water partition coefficient (Wildman–Crippen LogP) is 3.60. The Bertz CT molecular complexity index is 984. The number of carbonyl (C=O) groups excluding carboxylic acids is 1. The van der Waals surface area contributed by atoms with E-state index in [1.807, 2.05) is 54.3 Å². The first-order valence-corrected chi connectivity index (χ1v) is 12.5. The molecule has 2 aromatic rings. The minimum absolute atomic E-state index is 0.000142. The van der Waals surface area contributed by atoms with E-state index in [0.29, 0.717) is 44.8 Å². The number of amides is 1. The molecule has 4 rings (SSSR count). The van der Waals surface area contributed by atoms with Gasteiger partial charge in [0.1, 0.15) is 5.25 Å². The van der Waals surface area contributed by atoms with Crippen LogP contribution in [0.25, 0.3) is 0 Å². The number of hydrogen-bond donors (Lipinski definition) is 0. The average molecular weight is 443 g/mol. The van der Waals surface area contributed by atoms with Crippen molar-refractivity contribution in [2.45, 2.75) is 44.0 Å². The molecule has 166 valence electrons. The van der Waals surface area contributed by atoms with Gasteiger partial charge >= 0.3 is 0 Å². The zero-order valence-electron chi connectivity index (χ0n) is 17.9. The van der Waals surface area contributed by atoms with Crippen molar-refractivity contribution in [3.05, 3.63) is 71.3 Å². The quantitative estimate of drug-likeness (QED) is 0.726. The van der Waals surface area contributed by atoms with Gasteiger partial charge in [0, 0.05) is 37.8 Å². The number of rotatable bonds is 4. The zero-order valence-corrected chi connectivity index (χ0v) is 18.8. The lowest BCUT2D eigenvalue weighted by molar-refractivity contribution is 0.0741. The van der Waals surface area contributed by atoms with E-state index in [-0.39, 0.29) is 11.9 Å². The Kier molecular flexibility index (Phi) is 6.74. The first-order valence-electron chi connectivity index (χ1n) is 11.0. The lowest BCUT2D eigenvalue weighted by Crippen LogP contribution is -2.44. The molecular weight excluding hydrogens is 412 g/mol. The van der Waals surface area contributed by atoms with Gasteiger partial charge in [-0.15, -0.1) is 0 Å². The highest BCUT2D eigenvalue weighted by Crippen LogP contribution is 2.38. The number of ether oxygens (including phenoxy) is 1. The predicted molar refractivity (Wildman–Crippen MR) is 120 cm³/mol. The third-order valence-electron chi connectivity index (χ3n) is 6.24. The van der Waals surface area contributed by atoms with Gasteiger partial charge in [0.15, 0.2) is 0 Å². The normalized spacial score (nSPS) is 24.5. The van der Waals surface area contributed by atoms with E-state index >= 15 is 0 Å². The summed E-state index contributed by atoms with van der Waals surface area (Å²) >= 11 is 0. The topological polar surface area (TPSA) is 66.9 Å². The molecule has 0 bridgehead atoms. The van der Waals surface area contributed by atoms with Crippen LogP contribution in [-0.4, -0.2) is 55.9 Å². The van der Waals surface area contributed by atoms with Gasteiger partial charge in [-0.2, -0.15) is 4.31 Å². The van der Waals surface area contributed by atoms with Gasteiger partial charge in [0.25, 0.3) is 5.91 Å². The van der Waals surface area contributed by atoms with Crippen molar-refractivity contribution in [3.63, 3.8) is 0 Å². The van der Waals surface area contributed by atoms with Crippen molar-refractivity contribution in [3.8, 4) is 0 Å². The monoisotopic (exact) mass is 442 g/mol. The van der Waals surface area contributed by atoms with E-state index in [1.54, 1.807) is 16.4 Å². The van der Waals surface area contributed by atoms with Crippen molar-refractivity contribution in [1.82, 2.24) is 9.21 Å². The molecule has 2 aliphatic rings. The highest BCUT2D eigenvalue weighted by molar-refractivity contribution is 7.89. The Morgan fingerprint density at radius 2 is 1.74 bits per heavy atom. The molecule has 0 spiro atoms. The van der Waals surface area contributed by atoms with Crippen LogP contribution in [0.2, 0.25) is 0 Å². The Labute approximate surface area is 184 Å². The van der Waals surface area contributed by atoms with Crippen LogP contribution in [-0.2, 0) is 21.3 Å². The van der Waals surface area contributed by atoms with Crippen molar-refractivity contribution >= 4 is 15.9 Å². The van der Waals surface area contributed by atoms with Crippen LogP contribution >= 0.6 is 0 Å². The van der Waals surface area contributed by atoms with Crippen LogP contribution in [0.5, 0.6) is 0 Å². The first-order chi connectivity index (χ1) is 15.0. The second-order valence-corrected chi connectivity index (χ2v) is 10.4. The Hall–Kier alpha value is -2.22. The van der Waals surface area contributed by atoms with Crippen LogP contribution < -0.4 is 0 Å². The fraction of sp³-hybridized carbons (Fsp3) is 0.458. The SMILES string of the molecule is CC1CCC(c2ccccc2)S(=O)(=O)N1Cc1ccc(C(=O)N2CCCOCC2)cc1. The molecule has 31 heavy (non-hydrogen) atoms. The van der Waals surface area contributed by atoms with E-state index in [1.165, 1.54) is 0 Å². The molecule has 2 atom stereocenters. The lowest BCUT2D eigenvalue weighted by atomic mass is 10.0. The van der Waals surface area contributed by atoms with E-state index in [4.69, 9.17) is 4.74 Å². The number of benzene rings is 2. The van der Waals surface area contributed by atoms with Crippen molar-refractivity contribution < 1.29 is 17.9 Å². The molecule has 0 N–H and O–H groups in total. The van der Waals surface area contributed by atoms with Gasteiger partial charge in [-0.25, -0.2) is 8.42 Å². The molecule has 0 aromatic heterocycles. The average Bonchev–Trinajstić information content (AvgIpc) is 3.07. The summed E-state index contributed by atoms with van der Waals surface area (Å²) in [6.45, 7) is 4.85. The summed E-state index contributed by atoms with van der Waals surface area (Å²) in [5, 5.41) is -0.504. The largest absolute Gasteiger partial charge is 0.380 e. The van der Waals surface area contributed by atoms with Crippen LogP contribution in [0.1, 0.15) is 52.9 Å². The highest BCUT2D eigenvalue weighted by Gasteiger charge is 2.40. The van der Waals surface area contributed by atoms with E-state index < -0.39 is 15.3 Å². The third kappa shape index (κ3) is 4.84. The molecule has 0 saturated carbocycles. The number of carbonyl (C=O) groups is 1. The molecule has 2 saturated heterocycles. The molecule has 1 amide bonds. The van der Waals surface area contributed by atoms with Gasteiger partial charge < -0.3 is 9.64 Å². The van der Waals surface area contributed by atoms with Gasteiger partial charge in [0.05, 0.1) is 6.61 Å². The number of sulfonamides is 1. The number of hydrogen-bond acceptors (Lipinski definition) is 4. The molecule has 2 unspecified atom stereocenters. The molecule has 2 heterocycles. The maximum absolute atomic E-state index is 13.4. The standard InChI is InChI=1S/C24H30N2O4S/c1-19-8-13-23(21-6-3-2-4-7-21)31(28,29)26(19)18-20-9-11-22(12-10-20)24(27)25-14-5-16-30-17-15-25/h2-4,6-7,9-12,19,23H,5,8,13-18H2,1H3. The smallest absolute Gasteiger partial charge is 0.253 e. The molecule has 2 aromatic carbocycles. The van der Waals surface area contributed by atoms with E-state index in [2.05, 4.69) is 0 Å². The van der Waals surface area contributed by atoms with Crippen molar-refractivity contribution in [1.29, 1.82) is 0 Å². The summed E-state index contributed by atoms with van der Waals surface area (Å²) in [4.78, 5) is 14.6. The van der Waals surface area contributed by atoms with E-state index in [0.717, 1.165) is 24.0 Å². The molecule has 6 nitrogen and oxygen atoms in total. The Morgan fingerprint density at radius 3 is 2.48 bits per heavy atom. The number of nitrogens with zero attached hydrogens (tertiary/aromatic N) is 2. The summed E-state index contributed by atoms with van der Waals surface area (Å²) in [6.07, 6.45) is 2.31. The zero-order chi connectivity index (χ0) is 21.8. The molecule has 2 fully saturated rings. The molecule has 0 radical (unpaired) electrons. The van der Waals surface area contributed by atoms with Gasteiger partial charge in [0.2, 0.25) is 10.0 Å². The fourth-order valence-electron chi connectivity index (χ4n) is 4.42. The van der Waals surface area contributed by atoms with E-state index in [9.17, 15) is 13.2 Å². The van der Waals surface area contributed by atoms with Gasteiger partial charge in [-0.1, -0.05) is 42.5 Å². The van der Waals surface area contributed by atoms with Crippen LogP contribution in [0, 0.1) is 0 Å². The Morgan fingerprint density at radius 1 is 1.00 bits per heavy atom.